The van der Waals surface area contributed by atoms with Crippen LogP contribution >= 0.6 is 11.3 Å². The van der Waals surface area contributed by atoms with E-state index >= 15 is 0 Å². The number of aryl methyl sites for hydroxylation is 1. The van der Waals surface area contributed by atoms with Gasteiger partial charge in [0.15, 0.2) is 9.84 Å². The lowest BCUT2D eigenvalue weighted by Crippen LogP contribution is -2.24. The largest absolute Gasteiger partial charge is 0.300 e. The van der Waals surface area contributed by atoms with Gasteiger partial charge < -0.3 is 5.32 Å². The number of benzene rings is 2. The maximum atomic E-state index is 12.7. The average molecular weight is 430 g/mol. The molecule has 29 heavy (non-hydrogen) atoms. The standard InChI is InChI=1S/C21H23N3O3S2/c25-20(16-7-2-1-3-8-16)22-21-24-23-19(28-21)12-13-29(26,27)18-11-10-15-6-4-5-9-17(15)14-18/h4-6,9-11,14,16H,1-3,7-8,12-13H2,(H,22,24,25). The van der Waals surface area contributed by atoms with Crippen LogP contribution in [0.15, 0.2) is 47.4 Å². The van der Waals surface area contributed by atoms with E-state index in [4.69, 9.17) is 0 Å². The molecule has 1 saturated carbocycles. The summed E-state index contributed by atoms with van der Waals surface area (Å²) < 4.78 is 25.5. The molecule has 0 saturated heterocycles. The first-order chi connectivity index (χ1) is 14.0. The molecule has 4 rings (SSSR count). The molecule has 0 atom stereocenters. The molecule has 0 radical (unpaired) electrons. The smallest absolute Gasteiger partial charge is 0.229 e. The number of fused-ring (bicyclic) bond motifs is 1. The minimum atomic E-state index is -3.43. The van der Waals surface area contributed by atoms with Crippen molar-refractivity contribution in [3.63, 3.8) is 0 Å². The van der Waals surface area contributed by atoms with Crippen molar-refractivity contribution in [3.05, 3.63) is 47.5 Å². The summed E-state index contributed by atoms with van der Waals surface area (Å²) in [6.45, 7) is 0. The summed E-state index contributed by atoms with van der Waals surface area (Å²) in [6.07, 6.45) is 5.48. The number of carbonyl (C=O) groups is 1. The molecule has 1 amide bonds. The molecule has 8 heteroatoms. The Morgan fingerprint density at radius 3 is 2.59 bits per heavy atom. The van der Waals surface area contributed by atoms with Gasteiger partial charge in [0, 0.05) is 12.3 Å². The van der Waals surface area contributed by atoms with E-state index < -0.39 is 9.84 Å². The number of carbonyl (C=O) groups excluding carboxylic acids is 1. The molecule has 0 aliphatic heterocycles. The lowest BCUT2D eigenvalue weighted by atomic mass is 9.89. The molecule has 0 bridgehead atoms. The Morgan fingerprint density at radius 2 is 1.79 bits per heavy atom. The second-order valence-electron chi connectivity index (χ2n) is 7.40. The number of hydrogen-bond donors (Lipinski definition) is 1. The van der Waals surface area contributed by atoms with Gasteiger partial charge in [-0.3, -0.25) is 4.79 Å². The number of anilines is 1. The van der Waals surface area contributed by atoms with Gasteiger partial charge in [0.2, 0.25) is 11.0 Å². The highest BCUT2D eigenvalue weighted by Crippen LogP contribution is 2.26. The lowest BCUT2D eigenvalue weighted by molar-refractivity contribution is -0.120. The van der Waals surface area contributed by atoms with E-state index in [1.54, 1.807) is 12.1 Å². The Bertz CT molecular complexity index is 1120. The summed E-state index contributed by atoms with van der Waals surface area (Å²) in [6, 6.07) is 12.9. The summed E-state index contributed by atoms with van der Waals surface area (Å²) in [7, 11) is -3.43. The van der Waals surface area contributed by atoms with E-state index in [0.29, 0.717) is 15.0 Å². The number of amides is 1. The maximum absolute atomic E-state index is 12.7. The van der Waals surface area contributed by atoms with Crippen molar-refractivity contribution in [3.8, 4) is 0 Å². The van der Waals surface area contributed by atoms with Crippen LogP contribution in [-0.4, -0.2) is 30.3 Å². The molecule has 0 spiro atoms. The van der Waals surface area contributed by atoms with E-state index in [1.807, 2.05) is 30.3 Å². The fraction of sp³-hybridized carbons (Fsp3) is 0.381. The monoisotopic (exact) mass is 429 g/mol. The minimum Gasteiger partial charge on any atom is -0.300 e. The van der Waals surface area contributed by atoms with Gasteiger partial charge in [0.25, 0.3) is 0 Å². The first-order valence-electron chi connectivity index (χ1n) is 9.86. The zero-order valence-corrected chi connectivity index (χ0v) is 17.6. The Hall–Kier alpha value is -2.32. The van der Waals surface area contributed by atoms with Crippen LogP contribution in [-0.2, 0) is 21.1 Å². The Morgan fingerprint density at radius 1 is 1.03 bits per heavy atom. The Kier molecular flexibility index (Phi) is 5.91. The molecule has 1 aliphatic rings. The van der Waals surface area contributed by atoms with Crippen molar-refractivity contribution in [1.29, 1.82) is 0 Å². The van der Waals surface area contributed by atoms with Gasteiger partial charge in [-0.2, -0.15) is 0 Å². The van der Waals surface area contributed by atoms with E-state index in [1.165, 1.54) is 17.8 Å². The number of rotatable bonds is 6. The van der Waals surface area contributed by atoms with Gasteiger partial charge in [-0.15, -0.1) is 10.2 Å². The SMILES string of the molecule is O=C(Nc1nnc(CCS(=O)(=O)c2ccc3ccccc3c2)s1)C1CCCCC1. The normalized spacial score (nSPS) is 15.4. The predicted molar refractivity (Wildman–Crippen MR) is 115 cm³/mol. The van der Waals surface area contributed by atoms with Crippen LogP contribution in [0.25, 0.3) is 10.8 Å². The summed E-state index contributed by atoms with van der Waals surface area (Å²) in [5.74, 6) is -0.00290. The van der Waals surface area contributed by atoms with Crippen molar-refractivity contribution in [2.24, 2.45) is 5.92 Å². The molecule has 1 N–H and O–H groups in total. The van der Waals surface area contributed by atoms with Crippen LogP contribution in [0, 0.1) is 5.92 Å². The van der Waals surface area contributed by atoms with E-state index in [2.05, 4.69) is 15.5 Å². The Balaban J connectivity index is 1.38. The average Bonchev–Trinajstić information content (AvgIpc) is 3.20. The second kappa shape index (κ2) is 8.59. The summed E-state index contributed by atoms with van der Waals surface area (Å²) >= 11 is 1.25. The molecular weight excluding hydrogens is 406 g/mol. The zero-order chi connectivity index (χ0) is 20.3. The third-order valence-corrected chi connectivity index (χ3v) is 7.95. The quantitative estimate of drug-likeness (QED) is 0.633. The second-order valence-corrected chi connectivity index (χ2v) is 10.6. The van der Waals surface area contributed by atoms with E-state index in [-0.39, 0.29) is 24.0 Å². The molecule has 3 aromatic rings. The highest BCUT2D eigenvalue weighted by Gasteiger charge is 2.22. The number of hydrogen-bond acceptors (Lipinski definition) is 6. The maximum Gasteiger partial charge on any atom is 0.229 e. The van der Waals surface area contributed by atoms with E-state index in [0.717, 1.165) is 36.5 Å². The van der Waals surface area contributed by atoms with Crippen molar-refractivity contribution in [2.75, 3.05) is 11.1 Å². The molecule has 152 valence electrons. The van der Waals surface area contributed by atoms with Crippen molar-refractivity contribution in [1.82, 2.24) is 10.2 Å². The van der Waals surface area contributed by atoms with Gasteiger partial charge in [-0.05, 0) is 35.7 Å². The van der Waals surface area contributed by atoms with Gasteiger partial charge in [-0.25, -0.2) is 8.42 Å². The summed E-state index contributed by atoms with van der Waals surface area (Å²) in [4.78, 5) is 12.6. The van der Waals surface area contributed by atoms with Crippen molar-refractivity contribution < 1.29 is 13.2 Å². The van der Waals surface area contributed by atoms with Gasteiger partial charge >= 0.3 is 0 Å². The molecule has 6 nitrogen and oxygen atoms in total. The third kappa shape index (κ3) is 4.82. The number of nitrogens with one attached hydrogen (secondary N) is 1. The molecule has 1 heterocycles. The molecule has 0 unspecified atom stereocenters. The van der Waals surface area contributed by atoms with E-state index in [9.17, 15) is 13.2 Å². The van der Waals surface area contributed by atoms with Crippen LogP contribution in [0.5, 0.6) is 0 Å². The van der Waals surface area contributed by atoms with Crippen LogP contribution in [0.4, 0.5) is 5.13 Å². The fourth-order valence-electron chi connectivity index (χ4n) is 3.68. The third-order valence-electron chi connectivity index (χ3n) is 5.34. The molecular formula is C21H23N3O3S2. The van der Waals surface area contributed by atoms with Gasteiger partial charge in [-0.1, -0.05) is 60.9 Å². The number of sulfone groups is 1. The first kappa shape index (κ1) is 20.0. The van der Waals surface area contributed by atoms with Crippen LogP contribution < -0.4 is 5.32 Å². The molecule has 1 aromatic heterocycles. The topological polar surface area (TPSA) is 89.0 Å². The molecule has 2 aromatic carbocycles. The molecule has 1 aliphatic carbocycles. The number of aromatic nitrogens is 2. The fourth-order valence-corrected chi connectivity index (χ4v) is 5.83. The minimum absolute atomic E-state index is 0.00353. The first-order valence-corrected chi connectivity index (χ1v) is 12.3. The van der Waals surface area contributed by atoms with Gasteiger partial charge in [0.05, 0.1) is 10.6 Å². The van der Waals surface area contributed by atoms with Gasteiger partial charge in [0.1, 0.15) is 5.01 Å². The Labute approximate surface area is 174 Å². The van der Waals surface area contributed by atoms with Crippen LogP contribution in [0.2, 0.25) is 0 Å². The van der Waals surface area contributed by atoms with Crippen molar-refractivity contribution in [2.45, 2.75) is 43.4 Å². The summed E-state index contributed by atoms with van der Waals surface area (Å²) in [5, 5.41) is 13.9. The summed E-state index contributed by atoms with van der Waals surface area (Å²) in [5.41, 5.74) is 0. The zero-order valence-electron chi connectivity index (χ0n) is 16.0. The van der Waals surface area contributed by atoms with Crippen molar-refractivity contribution >= 4 is 43.0 Å². The highest BCUT2D eigenvalue weighted by atomic mass is 32.2. The molecule has 1 fully saturated rings. The number of nitrogens with zero attached hydrogens (tertiary/aromatic N) is 2. The predicted octanol–water partition coefficient (Wildman–Crippen LogP) is 4.23. The van der Waals surface area contributed by atoms with Crippen LogP contribution in [0.1, 0.15) is 37.1 Å². The van der Waals surface area contributed by atoms with Crippen LogP contribution in [0.3, 0.4) is 0 Å². The highest BCUT2D eigenvalue weighted by molar-refractivity contribution is 7.91. The lowest BCUT2D eigenvalue weighted by Gasteiger charge is -2.19.